The molecular weight excluding hydrogens is 1180 g/mol. The zero-order valence-electron chi connectivity index (χ0n) is 57.1. The van der Waals surface area contributed by atoms with Crippen LogP contribution in [0.3, 0.4) is 0 Å². The summed E-state index contributed by atoms with van der Waals surface area (Å²) < 4.78 is 54.4. The number of esters is 2. The molecule has 504 valence electrons. The van der Waals surface area contributed by atoms with Crippen molar-refractivity contribution in [3.8, 4) is 23.3 Å². The third-order valence-electron chi connectivity index (χ3n) is 19.1. The average Bonchev–Trinajstić information content (AvgIpc) is 1.56. The second-order valence-corrected chi connectivity index (χ2v) is 27.8. The minimum atomic E-state index is -0.613. The van der Waals surface area contributed by atoms with E-state index < -0.39 is 35.8 Å². The maximum Gasteiger partial charge on any atom is 0.331 e. The molecule has 24 heteroatoms. The maximum absolute atomic E-state index is 14.6. The Morgan fingerprint density at radius 1 is 0.554 bits per heavy atom. The van der Waals surface area contributed by atoms with E-state index in [1.807, 2.05) is 55.6 Å². The first kappa shape index (κ1) is 70.8. The largest absolute Gasteiger partial charge is 0.458 e. The monoisotopic (exact) mass is 1280 g/mol. The van der Waals surface area contributed by atoms with E-state index in [9.17, 15) is 28.0 Å². The molecule has 0 radical (unpaired) electrons. The summed E-state index contributed by atoms with van der Waals surface area (Å²) in [4.78, 5) is 81.2. The number of likely N-dealkylation sites (tertiary alicyclic amines) is 2. The Kier molecular flexibility index (Phi) is 23.7. The Morgan fingerprint density at radius 3 is 1.25 bits per heavy atom. The molecule has 4 aliphatic heterocycles. The van der Waals surface area contributed by atoms with Crippen LogP contribution < -0.4 is 19.3 Å². The maximum atomic E-state index is 14.6. The van der Waals surface area contributed by atoms with Gasteiger partial charge in [-0.25, -0.2) is 28.3 Å². The SMILES string of the molecule is CCN(C(=O)c1cc(F)ccc1Oc1nncnc1N1CCC2(C1)CN([C@H](C[C@@H](CN(C)C(C)C)OC(=O)/C=C/C(=O)O[C@@H](C[C@H](C(C)C)N1CC3(CCN(c4ncnnc4Oc4ccc(F)cc4C(=O)N(CC)C(C)C)C3)C1)CN(C)C(C)C)C(C)C)C2)C(C)C. The predicted octanol–water partition coefficient (Wildman–Crippen LogP) is 9.27. The van der Waals surface area contributed by atoms with Crippen LogP contribution in [0.15, 0.2) is 61.2 Å². The van der Waals surface area contributed by atoms with Crippen LogP contribution in [0.25, 0.3) is 0 Å². The van der Waals surface area contributed by atoms with E-state index in [1.54, 1.807) is 9.80 Å². The Morgan fingerprint density at radius 2 is 0.924 bits per heavy atom. The summed E-state index contributed by atoms with van der Waals surface area (Å²) in [6, 6.07) is 8.10. The minimum absolute atomic E-state index is 0.0457. The van der Waals surface area contributed by atoms with Gasteiger partial charge in [-0.3, -0.25) is 19.4 Å². The van der Waals surface area contributed by atoms with Crippen LogP contribution >= 0.6 is 0 Å². The molecule has 22 nitrogen and oxygen atoms in total. The van der Waals surface area contributed by atoms with Crippen molar-refractivity contribution in [2.24, 2.45) is 22.7 Å². The number of aromatic nitrogens is 6. The fourth-order valence-corrected chi connectivity index (χ4v) is 13.6. The molecule has 2 aromatic carbocycles. The number of carbonyl (C=O) groups excluding carboxylic acids is 4. The summed E-state index contributed by atoms with van der Waals surface area (Å²) in [5.41, 5.74) is 0.0930. The van der Waals surface area contributed by atoms with Crippen LogP contribution in [-0.4, -0.2) is 225 Å². The molecule has 4 atom stereocenters. The third kappa shape index (κ3) is 17.2. The summed E-state index contributed by atoms with van der Waals surface area (Å²) in [6.45, 7) is 36.5. The number of anilines is 2. The molecule has 0 aliphatic carbocycles. The van der Waals surface area contributed by atoms with Crippen LogP contribution in [0, 0.1) is 34.3 Å². The summed E-state index contributed by atoms with van der Waals surface area (Å²) in [7, 11) is 4.04. The Balaban J connectivity index is 0.878. The van der Waals surface area contributed by atoms with Gasteiger partial charge in [0.15, 0.2) is 11.6 Å². The lowest BCUT2D eigenvalue weighted by Gasteiger charge is -2.53. The van der Waals surface area contributed by atoms with Gasteiger partial charge in [0.2, 0.25) is 0 Å². The van der Waals surface area contributed by atoms with Gasteiger partial charge in [-0.2, -0.15) is 0 Å². The number of ether oxygens (including phenoxy) is 4. The highest BCUT2D eigenvalue weighted by molar-refractivity contribution is 5.98. The molecule has 0 N–H and O–H groups in total. The van der Waals surface area contributed by atoms with Gasteiger partial charge in [0.1, 0.15) is 48.0 Å². The number of benzene rings is 2. The molecule has 4 saturated heterocycles. The minimum Gasteiger partial charge on any atom is -0.458 e. The van der Waals surface area contributed by atoms with Crippen molar-refractivity contribution < 1.29 is 46.9 Å². The third-order valence-corrected chi connectivity index (χ3v) is 19.1. The zero-order valence-corrected chi connectivity index (χ0v) is 57.1. The van der Waals surface area contributed by atoms with Crippen LogP contribution in [-0.2, 0) is 19.1 Å². The molecular formula is C68H100F2N14O8. The lowest BCUT2D eigenvalue weighted by Crippen LogP contribution is -2.62. The van der Waals surface area contributed by atoms with E-state index in [-0.39, 0.29) is 105 Å². The van der Waals surface area contributed by atoms with E-state index in [1.165, 1.54) is 61.2 Å². The van der Waals surface area contributed by atoms with Crippen LogP contribution in [0.2, 0.25) is 0 Å². The summed E-state index contributed by atoms with van der Waals surface area (Å²) >= 11 is 0. The van der Waals surface area contributed by atoms with Crippen LogP contribution in [0.1, 0.15) is 143 Å². The molecule has 2 amide bonds. The number of likely N-dealkylation sites (N-methyl/N-ethyl adjacent to an activating group) is 2. The van der Waals surface area contributed by atoms with Crippen molar-refractivity contribution in [2.45, 2.75) is 171 Å². The zero-order chi connectivity index (χ0) is 66.9. The van der Waals surface area contributed by atoms with Crippen molar-refractivity contribution in [3.05, 3.63) is 84.0 Å². The quantitative estimate of drug-likeness (QED) is 0.0352. The fourth-order valence-electron chi connectivity index (χ4n) is 13.6. The Hall–Kier alpha value is -7.02. The molecule has 8 rings (SSSR count). The highest BCUT2D eigenvalue weighted by Crippen LogP contribution is 2.47. The molecule has 0 bridgehead atoms. The van der Waals surface area contributed by atoms with Gasteiger partial charge in [0, 0.05) is 151 Å². The van der Waals surface area contributed by atoms with Crippen LogP contribution in [0.5, 0.6) is 23.3 Å². The second kappa shape index (κ2) is 30.8. The van der Waals surface area contributed by atoms with Crippen LogP contribution in [0.4, 0.5) is 20.4 Å². The highest BCUT2D eigenvalue weighted by atomic mass is 19.1. The molecule has 2 spiro atoms. The van der Waals surface area contributed by atoms with Gasteiger partial charge in [-0.15, -0.1) is 20.4 Å². The molecule has 92 heavy (non-hydrogen) atoms. The average molecular weight is 1280 g/mol. The predicted molar refractivity (Wildman–Crippen MR) is 349 cm³/mol. The van der Waals surface area contributed by atoms with Gasteiger partial charge < -0.3 is 48.3 Å². The Bertz CT molecular complexity index is 2990. The Labute approximate surface area is 543 Å². The summed E-state index contributed by atoms with van der Waals surface area (Å²) in [6.07, 6.45) is 7.15. The van der Waals surface area contributed by atoms with E-state index >= 15 is 0 Å². The van der Waals surface area contributed by atoms with Crippen molar-refractivity contribution in [2.75, 3.05) is 102 Å². The van der Waals surface area contributed by atoms with E-state index in [0.29, 0.717) is 76.8 Å². The lowest BCUT2D eigenvalue weighted by molar-refractivity contribution is -0.149. The van der Waals surface area contributed by atoms with E-state index in [4.69, 9.17) is 18.9 Å². The fraction of sp³-hybridized carbons (Fsp3) is 0.647. The van der Waals surface area contributed by atoms with E-state index in [2.05, 4.69) is 115 Å². The highest BCUT2D eigenvalue weighted by Gasteiger charge is 2.52. The summed E-state index contributed by atoms with van der Waals surface area (Å²) in [5, 5.41) is 16.6. The molecule has 4 fully saturated rings. The van der Waals surface area contributed by atoms with Gasteiger partial charge in [0.05, 0.1) is 11.1 Å². The molecule has 0 unspecified atom stereocenters. The number of carbonyl (C=O) groups is 4. The number of nitrogens with zero attached hydrogens (tertiary/aromatic N) is 14. The van der Waals surface area contributed by atoms with Gasteiger partial charge in [0.25, 0.3) is 23.6 Å². The lowest BCUT2D eigenvalue weighted by atomic mass is 9.76. The first-order valence-electron chi connectivity index (χ1n) is 33.0. The molecule has 0 saturated carbocycles. The molecule has 4 aromatic rings. The molecule has 4 aliphatic rings. The summed E-state index contributed by atoms with van der Waals surface area (Å²) in [5.74, 6) is -0.977. The second-order valence-electron chi connectivity index (χ2n) is 27.8. The smallest absolute Gasteiger partial charge is 0.331 e. The number of halogens is 2. The topological polar surface area (TPSA) is 208 Å². The number of amides is 2. The van der Waals surface area contributed by atoms with E-state index in [0.717, 1.165) is 39.0 Å². The van der Waals surface area contributed by atoms with Crippen molar-refractivity contribution >= 4 is 35.4 Å². The van der Waals surface area contributed by atoms with Crippen molar-refractivity contribution in [3.63, 3.8) is 0 Å². The van der Waals surface area contributed by atoms with Gasteiger partial charge in [-0.05, 0) is 144 Å². The number of hydrogen-bond acceptors (Lipinski definition) is 20. The van der Waals surface area contributed by atoms with Crippen molar-refractivity contribution in [1.29, 1.82) is 0 Å². The standard InChI is InChI=1S/C68H100F2N14O8/c1-17-83(47(11)12)65(87)53-29-49(69)19-21-57(53)91-63-61(71-41-73-75-63)79-27-25-67(35-79)37-81(38-67)55(43(3)4)31-51(33-77(15)45(7)8)89-59(85)23-24-60(86)90-52(34-78(16)46(9)10)32-56(44(5)6)82-39-68(40-82)26-28-80(36-68)62-64(76-74-42-72-62)92-58-22-20-50(70)30-54(58)66(88)84(18-2)48(13)14/h19-24,29-30,41-48,51-52,55-56H,17-18,25-28,31-40H2,1-16H3/b24-23+/t51-,52-,55+,56+/m0/s1. The molecule has 6 heterocycles. The first-order chi connectivity index (χ1) is 43.6. The number of hydrogen-bond donors (Lipinski definition) is 0. The molecule has 2 aromatic heterocycles. The van der Waals surface area contributed by atoms with Gasteiger partial charge >= 0.3 is 11.9 Å². The first-order valence-corrected chi connectivity index (χ1v) is 33.0. The van der Waals surface area contributed by atoms with Crippen molar-refractivity contribution in [1.82, 2.24) is 59.8 Å². The number of rotatable bonds is 30. The van der Waals surface area contributed by atoms with Gasteiger partial charge in [-0.1, -0.05) is 27.7 Å². The normalized spacial score (nSPS) is 17.8.